The summed E-state index contributed by atoms with van der Waals surface area (Å²) in [5.74, 6) is 0.896. The molecule has 2 aromatic rings. The summed E-state index contributed by atoms with van der Waals surface area (Å²) >= 11 is 0. The third kappa shape index (κ3) is 5.60. The summed E-state index contributed by atoms with van der Waals surface area (Å²) in [6.45, 7) is 5.17. The van der Waals surface area contributed by atoms with Crippen molar-refractivity contribution in [1.82, 2.24) is 10.2 Å². The molecule has 4 rings (SSSR count). The highest BCUT2D eigenvalue weighted by Crippen LogP contribution is 2.24. The van der Waals surface area contributed by atoms with Gasteiger partial charge in [-0.1, -0.05) is 29.8 Å². The first-order valence-electron chi connectivity index (χ1n) is 11.0. The predicted molar refractivity (Wildman–Crippen MR) is 116 cm³/mol. The van der Waals surface area contributed by atoms with E-state index in [9.17, 15) is 4.79 Å². The smallest absolute Gasteiger partial charge is 0.251 e. The summed E-state index contributed by atoms with van der Waals surface area (Å²) in [7, 11) is 0. The second-order valence-corrected chi connectivity index (χ2v) is 8.56. The molecule has 0 atom stereocenters. The normalized spacial score (nSPS) is 18.7. The van der Waals surface area contributed by atoms with Crippen LogP contribution in [0, 0.1) is 6.92 Å². The molecule has 4 heteroatoms. The van der Waals surface area contributed by atoms with E-state index in [-0.39, 0.29) is 11.9 Å². The number of rotatable bonds is 6. The van der Waals surface area contributed by atoms with Crippen LogP contribution in [0.4, 0.5) is 0 Å². The summed E-state index contributed by atoms with van der Waals surface area (Å²) < 4.78 is 5.99. The van der Waals surface area contributed by atoms with E-state index < -0.39 is 0 Å². The molecule has 154 valence electrons. The second-order valence-electron chi connectivity index (χ2n) is 8.56. The maximum Gasteiger partial charge on any atom is 0.251 e. The largest absolute Gasteiger partial charge is 0.490 e. The van der Waals surface area contributed by atoms with Gasteiger partial charge in [0.25, 0.3) is 5.91 Å². The highest BCUT2D eigenvalue weighted by Gasteiger charge is 2.21. The Morgan fingerprint density at radius 3 is 2.45 bits per heavy atom. The van der Waals surface area contributed by atoms with Crippen molar-refractivity contribution in [2.75, 3.05) is 13.1 Å². The van der Waals surface area contributed by atoms with Crippen molar-refractivity contribution in [1.29, 1.82) is 0 Å². The number of nitrogens with one attached hydrogen (secondary N) is 1. The number of aryl methyl sites for hydroxylation is 1. The molecule has 0 unspecified atom stereocenters. The van der Waals surface area contributed by atoms with Crippen LogP contribution in [0.2, 0.25) is 0 Å². The number of hydrogen-bond donors (Lipinski definition) is 1. The molecule has 0 spiro atoms. The first-order valence-corrected chi connectivity index (χ1v) is 11.0. The molecule has 1 aliphatic carbocycles. The molecule has 2 fully saturated rings. The quantitative estimate of drug-likeness (QED) is 0.774. The highest BCUT2D eigenvalue weighted by atomic mass is 16.5. The van der Waals surface area contributed by atoms with E-state index in [1.165, 1.54) is 24.0 Å². The van der Waals surface area contributed by atoms with Gasteiger partial charge in [-0.25, -0.2) is 0 Å². The first kappa shape index (κ1) is 20.0. The third-order valence-electron chi connectivity index (χ3n) is 6.13. The molecule has 0 radical (unpaired) electrons. The second kappa shape index (κ2) is 9.45. The summed E-state index contributed by atoms with van der Waals surface area (Å²) in [6, 6.07) is 16.6. The molecule has 1 amide bonds. The van der Waals surface area contributed by atoms with Crippen LogP contribution >= 0.6 is 0 Å². The van der Waals surface area contributed by atoms with Crippen molar-refractivity contribution in [3.8, 4) is 5.75 Å². The minimum atomic E-state index is 0.0227. The fourth-order valence-electron chi connectivity index (χ4n) is 4.46. The molecule has 0 bridgehead atoms. The molecule has 1 saturated carbocycles. The van der Waals surface area contributed by atoms with Gasteiger partial charge in [-0.15, -0.1) is 0 Å². The average molecular weight is 393 g/mol. The van der Waals surface area contributed by atoms with Crippen molar-refractivity contribution in [3.05, 3.63) is 65.2 Å². The van der Waals surface area contributed by atoms with Gasteiger partial charge in [-0.05, 0) is 75.3 Å². The molecule has 1 N–H and O–H groups in total. The summed E-state index contributed by atoms with van der Waals surface area (Å²) in [6.07, 6.45) is 7.15. The molecule has 1 heterocycles. The zero-order valence-corrected chi connectivity index (χ0v) is 17.4. The lowest BCUT2D eigenvalue weighted by atomic mass is 10.0. The summed E-state index contributed by atoms with van der Waals surface area (Å²) in [4.78, 5) is 15.1. The molecule has 1 aliphatic heterocycles. The molecule has 2 aromatic carbocycles. The lowest BCUT2D eigenvalue weighted by molar-refractivity contribution is 0.0909. The fraction of sp³-hybridized carbons (Fsp3) is 0.480. The first-order chi connectivity index (χ1) is 14.2. The number of piperidine rings is 1. The predicted octanol–water partition coefficient (Wildman–Crippen LogP) is 4.71. The maximum absolute atomic E-state index is 12.6. The van der Waals surface area contributed by atoms with Crippen molar-refractivity contribution in [2.24, 2.45) is 0 Å². The Labute approximate surface area is 174 Å². The Hall–Kier alpha value is -2.33. The zero-order valence-electron chi connectivity index (χ0n) is 17.4. The molecule has 2 aliphatic rings. The van der Waals surface area contributed by atoms with Crippen LogP contribution in [0.5, 0.6) is 5.75 Å². The van der Waals surface area contributed by atoms with Crippen molar-refractivity contribution >= 4 is 5.91 Å². The summed E-state index contributed by atoms with van der Waals surface area (Å²) in [5.41, 5.74) is 3.39. The van der Waals surface area contributed by atoms with Crippen LogP contribution in [-0.4, -0.2) is 36.0 Å². The van der Waals surface area contributed by atoms with Gasteiger partial charge in [0.15, 0.2) is 0 Å². The number of nitrogens with zero attached hydrogens (tertiary/aromatic N) is 1. The maximum atomic E-state index is 12.6. The SMILES string of the molecule is Cc1cccc(CN2CCC(NC(=O)c3ccc(OC4CCCC4)cc3)CC2)c1. The van der Waals surface area contributed by atoms with E-state index in [0.29, 0.717) is 11.7 Å². The van der Waals surface area contributed by atoms with Crippen molar-refractivity contribution < 1.29 is 9.53 Å². The number of amides is 1. The van der Waals surface area contributed by atoms with Crippen LogP contribution < -0.4 is 10.1 Å². The van der Waals surface area contributed by atoms with Gasteiger partial charge in [0.1, 0.15) is 5.75 Å². The van der Waals surface area contributed by atoms with Gasteiger partial charge < -0.3 is 10.1 Å². The average Bonchev–Trinajstić information content (AvgIpc) is 3.23. The van der Waals surface area contributed by atoms with Gasteiger partial charge in [0, 0.05) is 31.2 Å². The van der Waals surface area contributed by atoms with E-state index in [0.717, 1.165) is 51.1 Å². The highest BCUT2D eigenvalue weighted by molar-refractivity contribution is 5.94. The third-order valence-corrected chi connectivity index (χ3v) is 6.13. The van der Waals surface area contributed by atoms with Crippen molar-refractivity contribution in [3.63, 3.8) is 0 Å². The standard InChI is InChI=1S/C25H32N2O2/c1-19-5-4-6-20(17-19)18-27-15-13-22(14-16-27)26-25(28)21-9-11-24(12-10-21)29-23-7-2-3-8-23/h4-6,9-12,17,22-23H,2-3,7-8,13-16,18H2,1H3,(H,26,28). The molecule has 4 nitrogen and oxygen atoms in total. The van der Waals surface area contributed by atoms with Crippen molar-refractivity contribution in [2.45, 2.75) is 64.1 Å². The Morgan fingerprint density at radius 1 is 1.03 bits per heavy atom. The lowest BCUT2D eigenvalue weighted by Gasteiger charge is -2.32. The molecule has 1 saturated heterocycles. The number of carbonyl (C=O) groups is 1. The van der Waals surface area contributed by atoms with Crippen LogP contribution in [0.3, 0.4) is 0 Å². The molecular weight excluding hydrogens is 360 g/mol. The van der Waals surface area contributed by atoms with Crippen LogP contribution in [0.15, 0.2) is 48.5 Å². The van der Waals surface area contributed by atoms with Gasteiger partial charge in [-0.2, -0.15) is 0 Å². The summed E-state index contributed by atoms with van der Waals surface area (Å²) in [5, 5.41) is 3.21. The lowest BCUT2D eigenvalue weighted by Crippen LogP contribution is -2.44. The van der Waals surface area contributed by atoms with E-state index in [1.807, 2.05) is 24.3 Å². The fourth-order valence-corrected chi connectivity index (χ4v) is 4.46. The van der Waals surface area contributed by atoms with E-state index >= 15 is 0 Å². The van der Waals surface area contributed by atoms with Crippen LogP contribution in [-0.2, 0) is 6.54 Å². The Kier molecular flexibility index (Phi) is 6.50. The van der Waals surface area contributed by atoms with Crippen LogP contribution in [0.25, 0.3) is 0 Å². The zero-order chi connectivity index (χ0) is 20.1. The van der Waals surface area contributed by atoms with Gasteiger partial charge in [0.2, 0.25) is 0 Å². The minimum absolute atomic E-state index is 0.0227. The number of likely N-dealkylation sites (tertiary alicyclic amines) is 1. The number of ether oxygens (including phenoxy) is 1. The Morgan fingerprint density at radius 2 is 1.76 bits per heavy atom. The van der Waals surface area contributed by atoms with Gasteiger partial charge in [-0.3, -0.25) is 9.69 Å². The monoisotopic (exact) mass is 392 g/mol. The van der Waals surface area contributed by atoms with E-state index in [1.54, 1.807) is 0 Å². The van der Waals surface area contributed by atoms with E-state index in [4.69, 9.17) is 4.74 Å². The number of carbonyl (C=O) groups excluding carboxylic acids is 1. The Bertz CT molecular complexity index is 804. The molecule has 0 aromatic heterocycles. The Balaban J connectivity index is 1.23. The molecular formula is C25H32N2O2. The van der Waals surface area contributed by atoms with Gasteiger partial charge >= 0.3 is 0 Å². The molecule has 29 heavy (non-hydrogen) atoms. The number of benzene rings is 2. The minimum Gasteiger partial charge on any atom is -0.490 e. The van der Waals surface area contributed by atoms with Crippen LogP contribution in [0.1, 0.15) is 60.0 Å². The topological polar surface area (TPSA) is 41.6 Å². The van der Waals surface area contributed by atoms with Gasteiger partial charge in [0.05, 0.1) is 6.10 Å². The van der Waals surface area contributed by atoms with E-state index in [2.05, 4.69) is 41.4 Å². The number of hydrogen-bond acceptors (Lipinski definition) is 3.